The van der Waals surface area contributed by atoms with E-state index in [4.69, 9.17) is 21.6 Å². The van der Waals surface area contributed by atoms with Crippen LogP contribution in [0.4, 0.5) is 5.69 Å². The van der Waals surface area contributed by atoms with Crippen molar-refractivity contribution in [3.05, 3.63) is 82.9 Å². The van der Waals surface area contributed by atoms with Gasteiger partial charge in [-0.25, -0.2) is 0 Å². The largest absolute Gasteiger partial charge is 0.489 e. The topological polar surface area (TPSA) is 74.2 Å². The number of hydrogen-bond acceptors (Lipinski definition) is 4. The summed E-state index contributed by atoms with van der Waals surface area (Å²) in [6.07, 6.45) is -0.146. The van der Waals surface area contributed by atoms with Gasteiger partial charge in [0.15, 0.2) is 0 Å². The predicted molar refractivity (Wildman–Crippen MR) is 141 cm³/mol. The van der Waals surface area contributed by atoms with Crippen LogP contribution in [0.3, 0.4) is 0 Å². The van der Waals surface area contributed by atoms with Crippen LogP contribution in [0.5, 0.6) is 5.75 Å². The average Bonchev–Trinajstić information content (AvgIpc) is 2.85. The third-order valence-electron chi connectivity index (χ3n) is 7.08. The predicted octanol–water partition coefficient (Wildman–Crippen LogP) is 6.53. The van der Waals surface area contributed by atoms with Crippen molar-refractivity contribution in [2.75, 3.05) is 12.4 Å². The average molecular weight is 488 g/mol. The van der Waals surface area contributed by atoms with Crippen molar-refractivity contribution in [2.45, 2.75) is 39.8 Å². The van der Waals surface area contributed by atoms with Crippen LogP contribution in [0.1, 0.15) is 43.6 Å². The zero-order valence-corrected chi connectivity index (χ0v) is 21.4. The summed E-state index contributed by atoms with van der Waals surface area (Å²) < 4.78 is 6.31. The highest BCUT2D eigenvalue weighted by atomic mass is 35.5. The molecule has 0 saturated heterocycles. The maximum absolute atomic E-state index is 13.1. The Morgan fingerprint density at radius 1 is 0.943 bits per heavy atom. The zero-order chi connectivity index (χ0) is 25.4. The molecule has 0 spiro atoms. The first-order valence-electron chi connectivity index (χ1n) is 11.6. The van der Waals surface area contributed by atoms with Crippen molar-refractivity contribution in [2.24, 2.45) is 10.8 Å². The van der Waals surface area contributed by atoms with Gasteiger partial charge in [0.05, 0.1) is 10.6 Å². The number of nitriles is 1. The molecule has 0 aliphatic heterocycles. The Bertz CT molecular complexity index is 1260. The second-order valence-corrected chi connectivity index (χ2v) is 10.6. The van der Waals surface area contributed by atoms with Crippen molar-refractivity contribution < 1.29 is 9.53 Å². The lowest BCUT2D eigenvalue weighted by atomic mass is 9.49. The number of hydrogen-bond donors (Lipinski definition) is 2. The van der Waals surface area contributed by atoms with E-state index in [0.717, 1.165) is 16.8 Å². The molecule has 0 aromatic heterocycles. The molecule has 1 saturated carbocycles. The third-order valence-corrected chi connectivity index (χ3v) is 7.40. The number of nitrogens with one attached hydrogen (secondary N) is 2. The fraction of sp³-hybridized carbons (Fsp3) is 0.310. The Morgan fingerprint density at radius 2 is 1.51 bits per heavy atom. The van der Waals surface area contributed by atoms with Crippen LogP contribution in [-0.2, 0) is 0 Å². The molecule has 0 unspecified atom stereocenters. The normalized spacial score (nSPS) is 19.7. The Balaban J connectivity index is 1.45. The molecule has 6 heteroatoms. The minimum absolute atomic E-state index is 0.0879. The van der Waals surface area contributed by atoms with Crippen LogP contribution in [0, 0.1) is 22.2 Å². The Labute approximate surface area is 212 Å². The fourth-order valence-corrected chi connectivity index (χ4v) is 5.67. The molecule has 1 aliphatic carbocycles. The molecular weight excluding hydrogens is 458 g/mol. The van der Waals surface area contributed by atoms with Crippen LogP contribution < -0.4 is 15.4 Å². The number of nitrogens with zero attached hydrogens (tertiary/aromatic N) is 1. The lowest BCUT2D eigenvalue weighted by molar-refractivity contribution is -0.164. The van der Waals surface area contributed by atoms with E-state index >= 15 is 0 Å². The van der Waals surface area contributed by atoms with Crippen LogP contribution >= 0.6 is 11.6 Å². The SMILES string of the molecule is CNc1ccc(-c2ccc(C(=O)NC3C(C)(C)C(Oc4ccc(C#N)c(Cl)c4)C3(C)C)cc2)cc1. The van der Waals surface area contributed by atoms with Crippen LogP contribution in [0.15, 0.2) is 66.7 Å². The Hall–Kier alpha value is -3.49. The third kappa shape index (κ3) is 4.59. The van der Waals surface area contributed by atoms with Crippen LogP contribution in [0.2, 0.25) is 5.02 Å². The van der Waals surface area contributed by atoms with Gasteiger partial charge in [-0.1, -0.05) is 63.6 Å². The van der Waals surface area contributed by atoms with Crippen molar-refractivity contribution in [1.82, 2.24) is 5.32 Å². The molecule has 2 N–H and O–H groups in total. The van der Waals surface area contributed by atoms with E-state index in [2.05, 4.69) is 56.5 Å². The molecule has 3 aromatic rings. The van der Waals surface area contributed by atoms with Gasteiger partial charge in [0.1, 0.15) is 17.9 Å². The minimum Gasteiger partial charge on any atom is -0.489 e. The summed E-state index contributed by atoms with van der Waals surface area (Å²) in [7, 11) is 1.89. The summed E-state index contributed by atoms with van der Waals surface area (Å²) in [5, 5.41) is 15.8. The zero-order valence-electron chi connectivity index (χ0n) is 20.6. The number of benzene rings is 3. The summed E-state index contributed by atoms with van der Waals surface area (Å²) in [6, 6.07) is 22.9. The fourth-order valence-electron chi connectivity index (χ4n) is 5.45. The second kappa shape index (κ2) is 9.28. The highest BCUT2D eigenvalue weighted by Crippen LogP contribution is 2.55. The van der Waals surface area contributed by atoms with E-state index < -0.39 is 0 Å². The van der Waals surface area contributed by atoms with Gasteiger partial charge in [-0.3, -0.25) is 4.79 Å². The number of halogens is 1. The molecule has 1 fully saturated rings. The first-order chi connectivity index (χ1) is 16.6. The van der Waals surface area contributed by atoms with Crippen LogP contribution in [0.25, 0.3) is 11.1 Å². The number of rotatable bonds is 6. The molecule has 180 valence electrons. The number of amides is 1. The molecule has 35 heavy (non-hydrogen) atoms. The van der Waals surface area contributed by atoms with E-state index in [1.807, 2.05) is 43.4 Å². The molecule has 0 atom stereocenters. The molecule has 1 aliphatic rings. The van der Waals surface area contributed by atoms with Gasteiger partial charge in [0.25, 0.3) is 5.91 Å². The van der Waals surface area contributed by atoms with Crippen molar-refractivity contribution >= 4 is 23.2 Å². The van der Waals surface area contributed by atoms with E-state index in [1.165, 1.54) is 0 Å². The van der Waals surface area contributed by atoms with E-state index in [9.17, 15) is 4.79 Å². The second-order valence-electron chi connectivity index (χ2n) is 10.2. The van der Waals surface area contributed by atoms with E-state index in [1.54, 1.807) is 18.2 Å². The quantitative estimate of drug-likeness (QED) is 0.414. The van der Waals surface area contributed by atoms with Gasteiger partial charge in [-0.2, -0.15) is 5.26 Å². The molecule has 4 rings (SSSR count). The standard InChI is InChI=1S/C29H30ClN3O2/c1-28(2)26(29(3,4)27(28)35-23-15-12-21(17-31)24(30)16-23)33-25(34)20-8-6-18(7-9-20)19-10-13-22(32-5)14-11-19/h6-16,26-27,32H,1-5H3,(H,33,34). The first kappa shape index (κ1) is 24.6. The summed E-state index contributed by atoms with van der Waals surface area (Å²) in [6.45, 7) is 8.38. The molecule has 0 radical (unpaired) electrons. The highest BCUT2D eigenvalue weighted by Gasteiger charge is 2.64. The van der Waals surface area contributed by atoms with Crippen molar-refractivity contribution in [3.8, 4) is 22.9 Å². The number of carbonyl (C=O) groups excluding carboxylic acids is 1. The number of ether oxygens (including phenoxy) is 1. The molecule has 0 heterocycles. The highest BCUT2D eigenvalue weighted by molar-refractivity contribution is 6.31. The molecule has 5 nitrogen and oxygen atoms in total. The molecule has 3 aromatic carbocycles. The minimum atomic E-state index is -0.311. The number of anilines is 1. The summed E-state index contributed by atoms with van der Waals surface area (Å²) in [5.74, 6) is 0.511. The van der Waals surface area contributed by atoms with E-state index in [0.29, 0.717) is 21.9 Å². The van der Waals surface area contributed by atoms with Crippen molar-refractivity contribution in [1.29, 1.82) is 5.26 Å². The summed E-state index contributed by atoms with van der Waals surface area (Å²) in [5.41, 5.74) is 3.62. The Kier molecular flexibility index (Phi) is 6.53. The van der Waals surface area contributed by atoms with Gasteiger partial charge in [0.2, 0.25) is 0 Å². The first-order valence-corrected chi connectivity index (χ1v) is 12.0. The maximum atomic E-state index is 13.1. The van der Waals surface area contributed by atoms with Crippen LogP contribution in [-0.4, -0.2) is 25.1 Å². The van der Waals surface area contributed by atoms with Gasteiger partial charge < -0.3 is 15.4 Å². The summed E-state index contributed by atoms with van der Waals surface area (Å²) >= 11 is 6.18. The number of carbonyl (C=O) groups is 1. The monoisotopic (exact) mass is 487 g/mol. The van der Waals surface area contributed by atoms with Gasteiger partial charge in [-0.05, 0) is 47.5 Å². The smallest absolute Gasteiger partial charge is 0.251 e. The lowest BCUT2D eigenvalue weighted by Gasteiger charge is -2.63. The van der Waals surface area contributed by atoms with Gasteiger partial charge in [0, 0.05) is 41.2 Å². The molecular formula is C29H30ClN3O2. The van der Waals surface area contributed by atoms with Gasteiger partial charge >= 0.3 is 0 Å². The lowest BCUT2D eigenvalue weighted by Crippen LogP contribution is -2.74. The Morgan fingerprint density at radius 3 is 2.03 bits per heavy atom. The van der Waals surface area contributed by atoms with Crippen molar-refractivity contribution in [3.63, 3.8) is 0 Å². The molecule has 1 amide bonds. The molecule has 0 bridgehead atoms. The van der Waals surface area contributed by atoms with Gasteiger partial charge in [-0.15, -0.1) is 0 Å². The maximum Gasteiger partial charge on any atom is 0.251 e. The van der Waals surface area contributed by atoms with E-state index in [-0.39, 0.29) is 28.9 Å². The summed E-state index contributed by atoms with van der Waals surface area (Å²) in [4.78, 5) is 13.1.